The number of amides is 1. The molecule has 1 aromatic carbocycles. The number of anilines is 1. The van der Waals surface area contributed by atoms with Crippen LogP contribution in [0.25, 0.3) is 11.2 Å². The normalized spacial score (nSPS) is 10.9. The van der Waals surface area contributed by atoms with E-state index in [1.165, 1.54) is 0 Å². The van der Waals surface area contributed by atoms with Gasteiger partial charge in [-0.1, -0.05) is 19.9 Å². The van der Waals surface area contributed by atoms with E-state index in [1.54, 1.807) is 36.5 Å². The summed E-state index contributed by atoms with van der Waals surface area (Å²) in [5, 5.41) is 2.81. The van der Waals surface area contributed by atoms with Crippen LogP contribution in [-0.4, -0.2) is 20.9 Å². The molecule has 0 aliphatic carbocycles. The van der Waals surface area contributed by atoms with E-state index >= 15 is 0 Å². The average molecular weight is 312 g/mol. The maximum absolute atomic E-state index is 11.8. The molecule has 1 amide bonds. The minimum Gasteiger partial charge on any atom is -0.455 e. The molecular formula is C16H16N4O3. The summed E-state index contributed by atoms with van der Waals surface area (Å²) in [5.74, 6) is 0.842. The molecule has 0 atom stereocenters. The number of aromatic amines is 2. The van der Waals surface area contributed by atoms with Gasteiger partial charge in [-0.3, -0.25) is 9.78 Å². The summed E-state index contributed by atoms with van der Waals surface area (Å²) in [6.07, 6.45) is 1.55. The van der Waals surface area contributed by atoms with Crippen molar-refractivity contribution in [2.75, 3.05) is 5.32 Å². The van der Waals surface area contributed by atoms with Gasteiger partial charge in [0, 0.05) is 29.9 Å². The second-order valence-corrected chi connectivity index (χ2v) is 5.39. The number of carbonyl (C=O) groups is 1. The van der Waals surface area contributed by atoms with Crippen molar-refractivity contribution in [3.63, 3.8) is 0 Å². The number of pyridine rings is 1. The van der Waals surface area contributed by atoms with Crippen LogP contribution >= 0.6 is 0 Å². The zero-order chi connectivity index (χ0) is 16.4. The molecular weight excluding hydrogens is 296 g/mol. The van der Waals surface area contributed by atoms with E-state index in [0.29, 0.717) is 28.4 Å². The Hall–Kier alpha value is -3.09. The molecule has 0 radical (unpaired) electrons. The number of ether oxygens (including phenoxy) is 1. The summed E-state index contributed by atoms with van der Waals surface area (Å²) in [6.45, 7) is 3.65. The zero-order valence-corrected chi connectivity index (χ0v) is 12.7. The third kappa shape index (κ3) is 3.23. The summed E-state index contributed by atoms with van der Waals surface area (Å²) in [7, 11) is 0. The molecule has 0 aliphatic rings. The van der Waals surface area contributed by atoms with Gasteiger partial charge in [0.05, 0.1) is 0 Å². The van der Waals surface area contributed by atoms with Crippen molar-refractivity contribution in [1.29, 1.82) is 0 Å². The number of fused-ring (bicyclic) bond motifs is 1. The summed E-state index contributed by atoms with van der Waals surface area (Å²) in [6, 6.07) is 8.71. The molecule has 7 heteroatoms. The van der Waals surface area contributed by atoms with Crippen molar-refractivity contribution >= 4 is 22.8 Å². The summed E-state index contributed by atoms with van der Waals surface area (Å²) >= 11 is 0. The van der Waals surface area contributed by atoms with Crippen molar-refractivity contribution < 1.29 is 9.53 Å². The highest BCUT2D eigenvalue weighted by Crippen LogP contribution is 2.27. The SMILES string of the molecule is CC(C)C(=O)Nc1cccc(Oc2ccnc3[nH]c(=O)[nH]c23)c1. The Morgan fingerprint density at radius 1 is 1.26 bits per heavy atom. The fraction of sp³-hybridized carbons (Fsp3) is 0.188. The number of rotatable bonds is 4. The first-order chi connectivity index (χ1) is 11.0. The van der Waals surface area contributed by atoms with Gasteiger partial charge in [-0.25, -0.2) is 9.78 Å². The van der Waals surface area contributed by atoms with E-state index in [9.17, 15) is 9.59 Å². The molecule has 3 rings (SSSR count). The molecule has 23 heavy (non-hydrogen) atoms. The number of nitrogens with one attached hydrogen (secondary N) is 3. The van der Waals surface area contributed by atoms with Crippen LogP contribution in [0.15, 0.2) is 41.3 Å². The molecule has 0 bridgehead atoms. The molecule has 3 aromatic rings. The molecule has 0 saturated heterocycles. The Labute approximate surface area is 131 Å². The first kappa shape index (κ1) is 14.8. The zero-order valence-electron chi connectivity index (χ0n) is 12.7. The van der Waals surface area contributed by atoms with Gasteiger partial charge in [-0.15, -0.1) is 0 Å². The maximum atomic E-state index is 11.8. The van der Waals surface area contributed by atoms with Gasteiger partial charge >= 0.3 is 5.69 Å². The van der Waals surface area contributed by atoms with Gasteiger partial charge < -0.3 is 15.0 Å². The lowest BCUT2D eigenvalue weighted by atomic mass is 10.2. The summed E-state index contributed by atoms with van der Waals surface area (Å²) < 4.78 is 5.81. The Bertz CT molecular complexity index is 911. The summed E-state index contributed by atoms with van der Waals surface area (Å²) in [5.41, 5.74) is 1.22. The van der Waals surface area contributed by atoms with Gasteiger partial charge in [0.15, 0.2) is 11.4 Å². The van der Waals surface area contributed by atoms with E-state index in [4.69, 9.17) is 4.74 Å². The predicted octanol–water partition coefficient (Wildman–Crippen LogP) is 2.64. The third-order valence-corrected chi connectivity index (χ3v) is 3.24. The van der Waals surface area contributed by atoms with Crippen molar-refractivity contribution in [3.8, 4) is 11.5 Å². The van der Waals surface area contributed by atoms with Crippen molar-refractivity contribution in [2.45, 2.75) is 13.8 Å². The molecule has 118 valence electrons. The van der Waals surface area contributed by atoms with Gasteiger partial charge in [-0.05, 0) is 12.1 Å². The Kier molecular flexibility index (Phi) is 3.84. The van der Waals surface area contributed by atoms with Gasteiger partial charge in [0.2, 0.25) is 5.91 Å². The highest BCUT2D eigenvalue weighted by Gasteiger charge is 2.10. The van der Waals surface area contributed by atoms with Crippen molar-refractivity contribution in [2.24, 2.45) is 5.92 Å². The van der Waals surface area contributed by atoms with Gasteiger partial charge in [0.25, 0.3) is 0 Å². The first-order valence-corrected chi connectivity index (χ1v) is 7.19. The fourth-order valence-electron chi connectivity index (χ4n) is 2.05. The lowest BCUT2D eigenvalue weighted by Gasteiger charge is -2.10. The van der Waals surface area contributed by atoms with E-state index in [1.807, 2.05) is 13.8 Å². The molecule has 0 unspecified atom stereocenters. The lowest BCUT2D eigenvalue weighted by molar-refractivity contribution is -0.118. The molecule has 2 heterocycles. The topological polar surface area (TPSA) is 99.9 Å². The minimum atomic E-state index is -0.346. The van der Waals surface area contributed by atoms with E-state index in [0.717, 1.165) is 0 Å². The highest BCUT2D eigenvalue weighted by atomic mass is 16.5. The third-order valence-electron chi connectivity index (χ3n) is 3.24. The van der Waals surface area contributed by atoms with Crippen LogP contribution < -0.4 is 15.7 Å². The standard InChI is InChI=1S/C16H16N4O3/c1-9(2)15(21)18-10-4-3-5-11(8-10)23-12-6-7-17-14-13(12)19-16(22)20-14/h3-9H,1-2H3,(H,18,21)(H2,17,19,20,22). The van der Waals surface area contributed by atoms with Gasteiger partial charge in [-0.2, -0.15) is 0 Å². The smallest absolute Gasteiger partial charge is 0.325 e. The maximum Gasteiger partial charge on any atom is 0.325 e. The Morgan fingerprint density at radius 2 is 2.09 bits per heavy atom. The minimum absolute atomic E-state index is 0.0663. The molecule has 0 aliphatic heterocycles. The fourth-order valence-corrected chi connectivity index (χ4v) is 2.05. The van der Waals surface area contributed by atoms with E-state index in [-0.39, 0.29) is 17.5 Å². The monoisotopic (exact) mass is 312 g/mol. The average Bonchev–Trinajstić information content (AvgIpc) is 2.89. The second kappa shape index (κ2) is 5.96. The quantitative estimate of drug-likeness (QED) is 0.689. The van der Waals surface area contributed by atoms with Crippen LogP contribution in [0, 0.1) is 5.92 Å². The number of nitrogens with zero attached hydrogens (tertiary/aromatic N) is 1. The predicted molar refractivity (Wildman–Crippen MR) is 86.7 cm³/mol. The van der Waals surface area contributed by atoms with E-state index < -0.39 is 0 Å². The van der Waals surface area contributed by atoms with Crippen LogP contribution in [0.1, 0.15) is 13.8 Å². The van der Waals surface area contributed by atoms with Crippen LogP contribution in [-0.2, 0) is 4.79 Å². The van der Waals surface area contributed by atoms with Crippen LogP contribution in [0.3, 0.4) is 0 Å². The Balaban J connectivity index is 1.87. The second-order valence-electron chi connectivity index (χ2n) is 5.39. The number of H-pyrrole nitrogens is 2. The van der Waals surface area contributed by atoms with Crippen molar-refractivity contribution in [3.05, 3.63) is 47.0 Å². The number of benzene rings is 1. The van der Waals surface area contributed by atoms with Crippen molar-refractivity contribution in [1.82, 2.24) is 15.0 Å². The number of aromatic nitrogens is 3. The molecule has 0 saturated carbocycles. The first-order valence-electron chi connectivity index (χ1n) is 7.19. The Morgan fingerprint density at radius 3 is 2.87 bits per heavy atom. The molecule has 2 aromatic heterocycles. The summed E-state index contributed by atoms with van der Waals surface area (Å²) in [4.78, 5) is 32.4. The largest absolute Gasteiger partial charge is 0.455 e. The van der Waals surface area contributed by atoms with Gasteiger partial charge in [0.1, 0.15) is 11.3 Å². The number of hydrogen-bond acceptors (Lipinski definition) is 4. The van der Waals surface area contributed by atoms with Crippen LogP contribution in [0.4, 0.5) is 5.69 Å². The number of carbonyl (C=O) groups excluding carboxylic acids is 1. The number of hydrogen-bond donors (Lipinski definition) is 3. The molecule has 3 N–H and O–H groups in total. The van der Waals surface area contributed by atoms with Crippen LogP contribution in [0.5, 0.6) is 11.5 Å². The molecule has 7 nitrogen and oxygen atoms in total. The molecule has 0 spiro atoms. The van der Waals surface area contributed by atoms with E-state index in [2.05, 4.69) is 20.3 Å². The van der Waals surface area contributed by atoms with Crippen LogP contribution in [0.2, 0.25) is 0 Å². The lowest BCUT2D eigenvalue weighted by Crippen LogP contribution is -2.17. The number of imidazole rings is 1. The highest BCUT2D eigenvalue weighted by molar-refractivity contribution is 5.92. The molecule has 0 fully saturated rings.